The monoisotopic (exact) mass is 433 g/mol. The van der Waals surface area contributed by atoms with Crippen LogP contribution >= 0.6 is 30.1 Å². The molecule has 0 spiro atoms. The molecule has 0 amide bonds. The summed E-state index contributed by atoms with van der Waals surface area (Å²) in [7, 11) is 14.8. The van der Waals surface area contributed by atoms with Crippen LogP contribution in [0.4, 0.5) is 0 Å². The zero-order valence-electron chi connectivity index (χ0n) is 12.9. The Morgan fingerprint density at radius 3 is 1.56 bits per heavy atom. The van der Waals surface area contributed by atoms with Crippen molar-refractivity contribution in [1.82, 2.24) is 19.9 Å². The Morgan fingerprint density at radius 2 is 1.16 bits per heavy atom. The van der Waals surface area contributed by atoms with Crippen LogP contribution in [0.3, 0.4) is 0 Å². The summed E-state index contributed by atoms with van der Waals surface area (Å²) in [5.74, 6) is 1.76. The van der Waals surface area contributed by atoms with Gasteiger partial charge in [0.25, 0.3) is 0 Å². The first-order valence-corrected chi connectivity index (χ1v) is 12.6. The molecule has 0 aliphatic carbocycles. The van der Waals surface area contributed by atoms with Crippen LogP contribution in [0.2, 0.25) is 0 Å². The predicted molar refractivity (Wildman–Crippen MR) is 101 cm³/mol. The zero-order chi connectivity index (χ0) is 17.6. The van der Waals surface area contributed by atoms with Crippen molar-refractivity contribution in [3.63, 3.8) is 0 Å². The van der Waals surface area contributed by atoms with Crippen LogP contribution in [0.5, 0.6) is 0 Å². The fraction of sp³-hybridized carbons (Fsp3) is 0.125. The smallest absolute Gasteiger partial charge is 0.0885 e. The third-order valence-electron chi connectivity index (χ3n) is 3.40. The van der Waals surface area contributed by atoms with E-state index in [4.69, 9.17) is 30.1 Å². The standard InChI is InChI=1S/C16H14N5.3ClH.Cr/c1-2-6-12-11(5-1)18-15(19-12)9-17-10-16-20-13-7-3-4-8-14(13)21-16;;;;/h1-8H,9-10H2,(H,18,19)(H,20,21);3*1H;/q-1;;;;+4/p-3. The van der Waals surface area contributed by atoms with E-state index in [9.17, 15) is 0 Å². The molecule has 0 radical (unpaired) electrons. The molecule has 2 aromatic carbocycles. The summed E-state index contributed by atoms with van der Waals surface area (Å²) in [5.41, 5.74) is 4.05. The molecule has 2 aromatic heterocycles. The Morgan fingerprint density at radius 1 is 0.760 bits per heavy atom. The molecule has 0 saturated heterocycles. The summed E-state index contributed by atoms with van der Waals surface area (Å²) in [6.07, 6.45) is 0. The van der Waals surface area contributed by atoms with Gasteiger partial charge in [-0.1, -0.05) is 37.4 Å². The van der Waals surface area contributed by atoms with Crippen LogP contribution in [-0.2, 0) is 24.5 Å². The number of hydrogen-bond acceptors (Lipinski definition) is 2. The summed E-state index contributed by atoms with van der Waals surface area (Å²) in [6, 6.07) is 16.0. The topological polar surface area (TPSA) is 71.5 Å². The van der Waals surface area contributed by atoms with Crippen molar-refractivity contribution in [2.75, 3.05) is 0 Å². The number of para-hydroxylation sites is 4. The van der Waals surface area contributed by atoms with Crippen LogP contribution in [0.25, 0.3) is 27.4 Å². The Bertz CT molecular complexity index is 810. The Hall–Kier alpha value is -1.26. The first kappa shape index (κ1) is 18.5. The number of halogens is 3. The number of nitrogens with one attached hydrogen (secondary N) is 2. The molecule has 0 aliphatic rings. The first-order valence-electron chi connectivity index (χ1n) is 7.35. The van der Waals surface area contributed by atoms with E-state index < -0.39 is 11.4 Å². The maximum absolute atomic E-state index is 4.93. The molecule has 4 aromatic rings. The van der Waals surface area contributed by atoms with Gasteiger partial charge in [0.15, 0.2) is 0 Å². The molecule has 0 atom stereocenters. The SMILES string of the molecule is [Cl][Cr+]([Cl])[Cl].c1ccc2[nH]c(C[N-]Cc3nc4ccccc4[nH]3)nc2c1. The van der Waals surface area contributed by atoms with Crippen molar-refractivity contribution in [2.45, 2.75) is 13.1 Å². The van der Waals surface area contributed by atoms with Gasteiger partial charge in [0.05, 0.1) is 33.7 Å². The van der Waals surface area contributed by atoms with Gasteiger partial charge < -0.3 is 15.3 Å². The second kappa shape index (κ2) is 8.91. The van der Waals surface area contributed by atoms with Gasteiger partial charge in [-0.2, -0.15) is 0 Å². The van der Waals surface area contributed by atoms with Gasteiger partial charge in [-0.3, -0.25) is 0 Å². The molecular weight excluding hydrogens is 421 g/mol. The van der Waals surface area contributed by atoms with Crippen molar-refractivity contribution in [1.29, 1.82) is 0 Å². The maximum atomic E-state index is 4.93. The van der Waals surface area contributed by atoms with Gasteiger partial charge in [0.2, 0.25) is 0 Å². The molecule has 2 N–H and O–H groups in total. The van der Waals surface area contributed by atoms with Crippen LogP contribution in [-0.4, -0.2) is 19.9 Å². The van der Waals surface area contributed by atoms with E-state index in [1.54, 1.807) is 0 Å². The van der Waals surface area contributed by atoms with Gasteiger partial charge >= 0.3 is 41.5 Å². The van der Waals surface area contributed by atoms with E-state index in [1.165, 1.54) is 0 Å². The minimum atomic E-state index is -1.62. The quantitative estimate of drug-likeness (QED) is 0.440. The van der Waals surface area contributed by atoms with Crippen LogP contribution in [0.1, 0.15) is 11.6 Å². The number of hydrogen-bond donors (Lipinski definition) is 2. The molecule has 0 fully saturated rings. The zero-order valence-corrected chi connectivity index (χ0v) is 16.5. The van der Waals surface area contributed by atoms with E-state index in [0.717, 1.165) is 33.7 Å². The largest absolute Gasteiger partial charge is 0.650 e. The van der Waals surface area contributed by atoms with E-state index in [2.05, 4.69) is 25.3 Å². The first-order chi connectivity index (χ1) is 12.1. The summed E-state index contributed by atoms with van der Waals surface area (Å²) in [5, 5.41) is 4.51. The summed E-state index contributed by atoms with van der Waals surface area (Å²) in [6.45, 7) is 1.12. The predicted octanol–water partition coefficient (Wildman–Crippen LogP) is 5.58. The fourth-order valence-electron chi connectivity index (χ4n) is 2.43. The Balaban J connectivity index is 0.000000415. The fourth-order valence-corrected chi connectivity index (χ4v) is 2.43. The average molecular weight is 435 g/mol. The van der Waals surface area contributed by atoms with Crippen molar-refractivity contribution >= 4 is 52.2 Å². The van der Waals surface area contributed by atoms with E-state index in [0.29, 0.717) is 13.1 Å². The number of H-pyrrole nitrogens is 2. The minimum Gasteiger partial charge on any atom is -0.650 e. The third kappa shape index (κ3) is 5.36. The van der Waals surface area contributed by atoms with Gasteiger partial charge in [0, 0.05) is 0 Å². The van der Waals surface area contributed by atoms with Crippen molar-refractivity contribution in [3.05, 3.63) is 65.5 Å². The molecule has 2 heterocycles. The number of benzene rings is 2. The molecule has 0 unspecified atom stereocenters. The van der Waals surface area contributed by atoms with Gasteiger partial charge in [-0.25, -0.2) is 9.97 Å². The molecule has 4 rings (SSSR count). The molecule has 0 bridgehead atoms. The molecule has 0 saturated carbocycles. The summed E-state index contributed by atoms with van der Waals surface area (Å²) in [4.78, 5) is 15.6. The molecule has 9 heteroatoms. The molecule has 0 aliphatic heterocycles. The maximum Gasteiger partial charge on any atom is 0.0885 e. The van der Waals surface area contributed by atoms with E-state index in [1.807, 2.05) is 48.5 Å². The van der Waals surface area contributed by atoms with E-state index >= 15 is 0 Å². The molecular formula is C16H14Cl3CrN5. The normalized spacial score (nSPS) is 11.0. The van der Waals surface area contributed by atoms with Crippen LogP contribution in [0, 0.1) is 0 Å². The second-order valence-electron chi connectivity index (χ2n) is 5.12. The number of rotatable bonds is 4. The minimum absolute atomic E-state index is 0.561. The average Bonchev–Trinajstić information content (AvgIpc) is 3.16. The summed E-state index contributed by atoms with van der Waals surface area (Å²) < 4.78 is 0. The van der Waals surface area contributed by atoms with Crippen molar-refractivity contribution in [2.24, 2.45) is 0 Å². The Kier molecular flexibility index (Phi) is 6.60. The second-order valence-corrected chi connectivity index (χ2v) is 11.4. The van der Waals surface area contributed by atoms with Crippen molar-refractivity contribution in [3.8, 4) is 0 Å². The number of nitrogens with zero attached hydrogens (tertiary/aromatic N) is 3. The molecule has 25 heavy (non-hydrogen) atoms. The number of fused-ring (bicyclic) bond motifs is 2. The van der Waals surface area contributed by atoms with Gasteiger partial charge in [-0.05, 0) is 24.3 Å². The molecule has 130 valence electrons. The van der Waals surface area contributed by atoms with Crippen LogP contribution in [0.15, 0.2) is 48.5 Å². The van der Waals surface area contributed by atoms with Gasteiger partial charge in [0.1, 0.15) is 0 Å². The summed E-state index contributed by atoms with van der Waals surface area (Å²) >= 11 is -1.62. The van der Waals surface area contributed by atoms with Crippen molar-refractivity contribution < 1.29 is 11.4 Å². The third-order valence-corrected chi connectivity index (χ3v) is 3.40. The van der Waals surface area contributed by atoms with Gasteiger partial charge in [-0.15, -0.1) is 0 Å². The number of imidazole rings is 2. The Labute approximate surface area is 161 Å². The van der Waals surface area contributed by atoms with Crippen LogP contribution < -0.4 is 0 Å². The molecule has 5 nitrogen and oxygen atoms in total. The number of aromatic amines is 2. The van der Waals surface area contributed by atoms with E-state index in [-0.39, 0.29) is 0 Å². The number of aromatic nitrogens is 4.